The topological polar surface area (TPSA) is 46.5 Å². The molecule has 0 rings (SSSR count). The van der Waals surface area contributed by atoms with Crippen LogP contribution in [0, 0.1) is 0 Å². The quantitative estimate of drug-likeness (QED) is 0.0639. The van der Waals surface area contributed by atoms with Crippen LogP contribution in [-0.4, -0.2) is 24.3 Å². The van der Waals surface area contributed by atoms with Gasteiger partial charge in [0, 0.05) is 13.0 Å². The van der Waals surface area contributed by atoms with Crippen LogP contribution >= 0.6 is 0 Å². The van der Waals surface area contributed by atoms with E-state index >= 15 is 0 Å². The number of aliphatic hydroxyl groups excluding tert-OH is 1. The molecule has 0 aromatic heterocycles. The second kappa shape index (κ2) is 31.2. The lowest BCUT2D eigenvalue weighted by atomic mass is 10.1. The predicted octanol–water partition coefficient (Wildman–Crippen LogP) is 10.2. The van der Waals surface area contributed by atoms with Crippen molar-refractivity contribution in [1.29, 1.82) is 0 Å². The summed E-state index contributed by atoms with van der Waals surface area (Å²) in [6, 6.07) is 0. The van der Waals surface area contributed by atoms with Crippen LogP contribution in [0.25, 0.3) is 0 Å². The minimum absolute atomic E-state index is 0.00267. The fraction of sp³-hybridized carbons (Fsp3) is 0.906. The average molecular weight is 495 g/mol. The highest BCUT2D eigenvalue weighted by Crippen LogP contribution is 2.13. The van der Waals surface area contributed by atoms with Gasteiger partial charge in [-0.05, 0) is 44.9 Å². The Hall–Kier alpha value is -0.830. The SMILES string of the molecule is CCCCCCC=CCCCCCCCCCCCC(=O)OCCCCCCCCCCCCO. The Kier molecular flexibility index (Phi) is 30.5. The summed E-state index contributed by atoms with van der Waals surface area (Å²) in [6.07, 6.45) is 37.0. The van der Waals surface area contributed by atoms with Crippen molar-refractivity contribution in [3.8, 4) is 0 Å². The van der Waals surface area contributed by atoms with E-state index in [0.29, 0.717) is 19.6 Å². The molecule has 0 saturated carbocycles. The average Bonchev–Trinajstić information content (AvgIpc) is 2.86. The van der Waals surface area contributed by atoms with E-state index in [1.807, 2.05) is 0 Å². The molecule has 0 aliphatic rings. The van der Waals surface area contributed by atoms with Crippen LogP contribution in [-0.2, 0) is 9.53 Å². The molecule has 0 aliphatic heterocycles. The molecule has 35 heavy (non-hydrogen) atoms. The number of unbranched alkanes of at least 4 members (excludes halogenated alkanes) is 22. The molecule has 0 bridgehead atoms. The molecule has 208 valence electrons. The van der Waals surface area contributed by atoms with Crippen LogP contribution in [0.5, 0.6) is 0 Å². The molecule has 3 nitrogen and oxygen atoms in total. The third-order valence-corrected chi connectivity index (χ3v) is 6.96. The number of carbonyl (C=O) groups excluding carboxylic acids is 1. The second-order valence-electron chi connectivity index (χ2n) is 10.5. The van der Waals surface area contributed by atoms with Crippen LogP contribution in [0.3, 0.4) is 0 Å². The van der Waals surface area contributed by atoms with Crippen LogP contribution < -0.4 is 0 Å². The highest BCUT2D eigenvalue weighted by atomic mass is 16.5. The largest absolute Gasteiger partial charge is 0.466 e. The van der Waals surface area contributed by atoms with Crippen molar-refractivity contribution in [2.45, 2.75) is 174 Å². The molecule has 1 N–H and O–H groups in total. The maximum Gasteiger partial charge on any atom is 0.305 e. The Morgan fingerprint density at radius 2 is 0.943 bits per heavy atom. The summed E-state index contributed by atoms with van der Waals surface area (Å²) in [5.74, 6) is 0.00267. The second-order valence-corrected chi connectivity index (χ2v) is 10.5. The molecule has 0 atom stereocenters. The lowest BCUT2D eigenvalue weighted by Gasteiger charge is -2.05. The monoisotopic (exact) mass is 494 g/mol. The van der Waals surface area contributed by atoms with E-state index in [0.717, 1.165) is 25.7 Å². The maximum absolute atomic E-state index is 11.8. The fourth-order valence-electron chi connectivity index (χ4n) is 4.58. The zero-order valence-corrected chi connectivity index (χ0v) is 23.7. The molecular formula is C32H62O3. The number of esters is 1. The number of ether oxygens (including phenoxy) is 1. The standard InChI is InChI=1S/C32H62O3/c1-2-3-4-5-6-7-8-9-10-11-12-13-14-17-20-23-26-29-32(34)35-31-28-25-22-19-16-15-18-21-24-27-30-33/h7-8,33H,2-6,9-31H2,1H3. The highest BCUT2D eigenvalue weighted by Gasteiger charge is 2.02. The molecule has 0 saturated heterocycles. The zero-order chi connectivity index (χ0) is 25.5. The van der Waals surface area contributed by atoms with E-state index in [2.05, 4.69) is 19.1 Å². The van der Waals surface area contributed by atoms with Crippen molar-refractivity contribution in [3.63, 3.8) is 0 Å². The van der Waals surface area contributed by atoms with Crippen molar-refractivity contribution in [2.24, 2.45) is 0 Å². The molecule has 0 aromatic rings. The van der Waals surface area contributed by atoms with Gasteiger partial charge in [0.25, 0.3) is 0 Å². The first-order valence-electron chi connectivity index (χ1n) is 15.7. The molecule has 0 heterocycles. The Bertz CT molecular complexity index is 433. The first-order valence-corrected chi connectivity index (χ1v) is 15.7. The van der Waals surface area contributed by atoms with Gasteiger partial charge in [-0.3, -0.25) is 4.79 Å². The first kappa shape index (κ1) is 34.2. The molecule has 0 spiro atoms. The van der Waals surface area contributed by atoms with Gasteiger partial charge < -0.3 is 9.84 Å². The summed E-state index contributed by atoms with van der Waals surface area (Å²) < 4.78 is 5.39. The van der Waals surface area contributed by atoms with E-state index in [1.165, 1.54) is 135 Å². The smallest absolute Gasteiger partial charge is 0.305 e. The normalized spacial score (nSPS) is 11.5. The molecule has 0 unspecified atom stereocenters. The minimum Gasteiger partial charge on any atom is -0.466 e. The number of carbonyl (C=O) groups is 1. The van der Waals surface area contributed by atoms with Gasteiger partial charge in [-0.15, -0.1) is 0 Å². The predicted molar refractivity (Wildman–Crippen MR) is 153 cm³/mol. The van der Waals surface area contributed by atoms with Gasteiger partial charge in [-0.1, -0.05) is 135 Å². The Labute approximate surface area is 219 Å². The summed E-state index contributed by atoms with van der Waals surface area (Å²) in [5, 5.41) is 8.76. The van der Waals surface area contributed by atoms with Crippen LogP contribution in [0.4, 0.5) is 0 Å². The minimum atomic E-state index is 0.00267. The summed E-state index contributed by atoms with van der Waals surface area (Å²) in [7, 11) is 0. The van der Waals surface area contributed by atoms with Gasteiger partial charge >= 0.3 is 5.97 Å². The fourth-order valence-corrected chi connectivity index (χ4v) is 4.58. The van der Waals surface area contributed by atoms with Gasteiger partial charge in [-0.2, -0.15) is 0 Å². The summed E-state index contributed by atoms with van der Waals surface area (Å²) in [6.45, 7) is 3.21. The van der Waals surface area contributed by atoms with E-state index < -0.39 is 0 Å². The van der Waals surface area contributed by atoms with Gasteiger partial charge in [0.15, 0.2) is 0 Å². The molecule has 0 fully saturated rings. The number of allylic oxidation sites excluding steroid dienone is 2. The third kappa shape index (κ3) is 31.1. The number of hydrogen-bond donors (Lipinski definition) is 1. The van der Waals surface area contributed by atoms with Crippen molar-refractivity contribution in [2.75, 3.05) is 13.2 Å². The van der Waals surface area contributed by atoms with Gasteiger partial charge in [0.1, 0.15) is 0 Å². The van der Waals surface area contributed by atoms with Crippen LogP contribution in [0.1, 0.15) is 174 Å². The maximum atomic E-state index is 11.8. The molecule has 0 amide bonds. The lowest BCUT2D eigenvalue weighted by molar-refractivity contribution is -0.143. The van der Waals surface area contributed by atoms with E-state index in [4.69, 9.17) is 9.84 Å². The zero-order valence-electron chi connectivity index (χ0n) is 23.7. The van der Waals surface area contributed by atoms with Crippen LogP contribution in [0.15, 0.2) is 12.2 Å². The van der Waals surface area contributed by atoms with E-state index in [9.17, 15) is 4.79 Å². The van der Waals surface area contributed by atoms with Crippen LogP contribution in [0.2, 0.25) is 0 Å². The van der Waals surface area contributed by atoms with Gasteiger partial charge in [0.05, 0.1) is 6.61 Å². The van der Waals surface area contributed by atoms with E-state index in [-0.39, 0.29) is 5.97 Å². The molecule has 0 aliphatic carbocycles. The lowest BCUT2D eigenvalue weighted by Crippen LogP contribution is -2.05. The van der Waals surface area contributed by atoms with E-state index in [1.54, 1.807) is 0 Å². The first-order chi connectivity index (χ1) is 17.3. The van der Waals surface area contributed by atoms with Crippen molar-refractivity contribution in [1.82, 2.24) is 0 Å². The van der Waals surface area contributed by atoms with Crippen molar-refractivity contribution >= 4 is 5.97 Å². The number of aliphatic hydroxyl groups is 1. The highest BCUT2D eigenvalue weighted by molar-refractivity contribution is 5.69. The summed E-state index contributed by atoms with van der Waals surface area (Å²) in [5.41, 5.74) is 0. The van der Waals surface area contributed by atoms with Gasteiger partial charge in [0.2, 0.25) is 0 Å². The van der Waals surface area contributed by atoms with Crippen molar-refractivity contribution in [3.05, 3.63) is 12.2 Å². The Balaban J connectivity index is 3.17. The van der Waals surface area contributed by atoms with Crippen molar-refractivity contribution < 1.29 is 14.6 Å². The van der Waals surface area contributed by atoms with Gasteiger partial charge in [-0.25, -0.2) is 0 Å². The molecule has 3 heteroatoms. The molecular weight excluding hydrogens is 432 g/mol. The third-order valence-electron chi connectivity index (χ3n) is 6.96. The Morgan fingerprint density at radius 1 is 0.543 bits per heavy atom. The number of hydrogen-bond acceptors (Lipinski definition) is 3. The number of rotatable bonds is 29. The Morgan fingerprint density at radius 3 is 1.43 bits per heavy atom. The summed E-state index contributed by atoms with van der Waals surface area (Å²) >= 11 is 0. The molecule has 0 aromatic carbocycles. The summed E-state index contributed by atoms with van der Waals surface area (Å²) in [4.78, 5) is 11.8. The molecule has 0 radical (unpaired) electrons.